The fourth-order valence-corrected chi connectivity index (χ4v) is 2.31. The van der Waals surface area contributed by atoms with Crippen LogP contribution in [0.25, 0.3) is 0 Å². The van der Waals surface area contributed by atoms with Gasteiger partial charge in [0.1, 0.15) is 13.2 Å². The number of aryl methyl sites for hydroxylation is 1. The van der Waals surface area contributed by atoms with Gasteiger partial charge in [-0.05, 0) is 25.1 Å². The third-order valence-electron chi connectivity index (χ3n) is 3.56. The highest BCUT2D eigenvalue weighted by Gasteiger charge is 2.17. The summed E-state index contributed by atoms with van der Waals surface area (Å²) in [6, 6.07) is 12.2. The van der Waals surface area contributed by atoms with Crippen LogP contribution in [0.15, 0.2) is 42.5 Å². The Morgan fingerprint density at radius 3 is 2.18 bits per heavy atom. The molecule has 0 aliphatic carbocycles. The second-order valence-corrected chi connectivity index (χ2v) is 5.25. The molecule has 1 aliphatic rings. The molecule has 0 atom stereocenters. The van der Waals surface area contributed by atoms with Crippen LogP contribution in [0.1, 0.15) is 32.7 Å². The highest BCUT2D eigenvalue weighted by atomic mass is 16.6. The van der Waals surface area contributed by atoms with E-state index in [1.165, 1.54) is 0 Å². The molecule has 0 unspecified atom stereocenters. The molecular weight excluding hydrogens is 280 g/mol. The predicted octanol–water partition coefficient (Wildman–Crippen LogP) is 3.22. The van der Waals surface area contributed by atoms with Gasteiger partial charge in [0.2, 0.25) is 0 Å². The number of carbonyl (C=O) groups excluding carboxylic acids is 2. The molecule has 0 saturated heterocycles. The largest absolute Gasteiger partial charge is 0.486 e. The second-order valence-electron chi connectivity index (χ2n) is 5.25. The van der Waals surface area contributed by atoms with Gasteiger partial charge in [-0.25, -0.2) is 0 Å². The van der Waals surface area contributed by atoms with Gasteiger partial charge < -0.3 is 9.47 Å². The lowest BCUT2D eigenvalue weighted by Gasteiger charge is -2.18. The zero-order valence-electron chi connectivity index (χ0n) is 12.3. The normalized spacial score (nSPS) is 12.8. The van der Waals surface area contributed by atoms with E-state index in [-0.39, 0.29) is 18.0 Å². The summed E-state index contributed by atoms with van der Waals surface area (Å²) in [5.41, 5.74) is 2.09. The van der Waals surface area contributed by atoms with Crippen molar-refractivity contribution in [2.45, 2.75) is 13.3 Å². The molecule has 0 spiro atoms. The van der Waals surface area contributed by atoms with Crippen molar-refractivity contribution in [1.82, 2.24) is 0 Å². The summed E-state index contributed by atoms with van der Waals surface area (Å²) >= 11 is 0. The van der Waals surface area contributed by atoms with Crippen molar-refractivity contribution in [1.29, 1.82) is 0 Å². The Bertz CT molecular complexity index is 716. The van der Waals surface area contributed by atoms with Gasteiger partial charge in [-0.2, -0.15) is 0 Å². The van der Waals surface area contributed by atoms with Gasteiger partial charge >= 0.3 is 0 Å². The summed E-state index contributed by atoms with van der Waals surface area (Å²) in [5, 5.41) is 0. The molecule has 22 heavy (non-hydrogen) atoms. The number of hydrogen-bond donors (Lipinski definition) is 0. The summed E-state index contributed by atoms with van der Waals surface area (Å²) < 4.78 is 10.9. The van der Waals surface area contributed by atoms with E-state index in [1.54, 1.807) is 30.3 Å². The van der Waals surface area contributed by atoms with Crippen LogP contribution in [0.3, 0.4) is 0 Å². The lowest BCUT2D eigenvalue weighted by molar-refractivity contribution is 0.0893. The smallest absolute Gasteiger partial charge is 0.170 e. The van der Waals surface area contributed by atoms with Crippen molar-refractivity contribution >= 4 is 11.6 Å². The van der Waals surface area contributed by atoms with Gasteiger partial charge in [-0.15, -0.1) is 0 Å². The van der Waals surface area contributed by atoms with E-state index < -0.39 is 0 Å². The number of ether oxygens (including phenoxy) is 2. The highest BCUT2D eigenvalue weighted by molar-refractivity contribution is 6.13. The second kappa shape index (κ2) is 6.02. The fourth-order valence-electron chi connectivity index (χ4n) is 2.31. The first-order valence-corrected chi connectivity index (χ1v) is 7.16. The first-order chi connectivity index (χ1) is 10.6. The first-order valence-electron chi connectivity index (χ1n) is 7.16. The minimum atomic E-state index is -0.220. The molecule has 0 fully saturated rings. The van der Waals surface area contributed by atoms with E-state index >= 15 is 0 Å². The Morgan fingerprint density at radius 1 is 0.864 bits per heavy atom. The van der Waals surface area contributed by atoms with Crippen molar-refractivity contribution in [3.8, 4) is 11.5 Å². The molecule has 1 aliphatic heterocycles. The Labute approximate surface area is 128 Å². The molecule has 4 nitrogen and oxygen atoms in total. The zero-order valence-corrected chi connectivity index (χ0v) is 12.3. The van der Waals surface area contributed by atoms with E-state index in [9.17, 15) is 9.59 Å². The van der Waals surface area contributed by atoms with E-state index in [2.05, 4.69) is 0 Å². The van der Waals surface area contributed by atoms with Crippen LogP contribution >= 0.6 is 0 Å². The topological polar surface area (TPSA) is 52.6 Å². The molecule has 0 saturated carbocycles. The third-order valence-corrected chi connectivity index (χ3v) is 3.56. The van der Waals surface area contributed by atoms with Gasteiger partial charge in [-0.3, -0.25) is 9.59 Å². The summed E-state index contributed by atoms with van der Waals surface area (Å²) in [6.07, 6.45) is -0.150. The van der Waals surface area contributed by atoms with Crippen LogP contribution in [-0.2, 0) is 0 Å². The Balaban J connectivity index is 1.74. The molecule has 0 N–H and O–H groups in total. The van der Waals surface area contributed by atoms with Crippen LogP contribution in [0.4, 0.5) is 0 Å². The molecule has 4 heteroatoms. The molecule has 0 radical (unpaired) electrons. The standard InChI is InChI=1S/C18H16O4/c1-12-2-4-13(5-3-12)15(19)11-16(20)14-6-7-17-18(10-14)22-9-8-21-17/h2-7,10H,8-9,11H2,1H3. The van der Waals surface area contributed by atoms with Crippen LogP contribution in [0.5, 0.6) is 11.5 Å². The van der Waals surface area contributed by atoms with Gasteiger partial charge in [0.15, 0.2) is 23.1 Å². The number of benzene rings is 2. The molecule has 1 heterocycles. The lowest BCUT2D eigenvalue weighted by atomic mass is 10.0. The molecule has 112 valence electrons. The third kappa shape index (κ3) is 3.01. The van der Waals surface area contributed by atoms with Gasteiger partial charge in [-0.1, -0.05) is 29.8 Å². The Morgan fingerprint density at radius 2 is 1.45 bits per heavy atom. The number of ketones is 2. The maximum atomic E-state index is 12.3. The van der Waals surface area contributed by atoms with Crippen molar-refractivity contribution < 1.29 is 19.1 Å². The maximum absolute atomic E-state index is 12.3. The monoisotopic (exact) mass is 296 g/mol. The van der Waals surface area contributed by atoms with E-state index in [0.29, 0.717) is 35.8 Å². The van der Waals surface area contributed by atoms with Gasteiger partial charge in [0.05, 0.1) is 6.42 Å². The summed E-state index contributed by atoms with van der Waals surface area (Å²) in [6.45, 7) is 2.92. The van der Waals surface area contributed by atoms with Crippen molar-refractivity contribution in [2.24, 2.45) is 0 Å². The molecule has 3 rings (SSSR count). The summed E-state index contributed by atoms with van der Waals surface area (Å²) in [4.78, 5) is 24.4. The quantitative estimate of drug-likeness (QED) is 0.642. The van der Waals surface area contributed by atoms with E-state index in [1.807, 2.05) is 19.1 Å². The van der Waals surface area contributed by atoms with Crippen LogP contribution in [-0.4, -0.2) is 24.8 Å². The molecule has 0 bridgehead atoms. The Kier molecular flexibility index (Phi) is 3.92. The van der Waals surface area contributed by atoms with Crippen molar-refractivity contribution in [3.63, 3.8) is 0 Å². The van der Waals surface area contributed by atoms with Crippen LogP contribution in [0.2, 0.25) is 0 Å². The minimum absolute atomic E-state index is 0.150. The lowest BCUT2D eigenvalue weighted by Crippen LogP contribution is -2.16. The molecule has 0 aromatic heterocycles. The number of hydrogen-bond acceptors (Lipinski definition) is 4. The average molecular weight is 296 g/mol. The number of rotatable bonds is 4. The average Bonchev–Trinajstić information content (AvgIpc) is 2.55. The van der Waals surface area contributed by atoms with Crippen LogP contribution in [0, 0.1) is 6.92 Å². The summed E-state index contributed by atoms with van der Waals surface area (Å²) in [5.74, 6) is 0.787. The minimum Gasteiger partial charge on any atom is -0.486 e. The Hall–Kier alpha value is -2.62. The number of Topliss-reactive ketones (excluding diaryl/α,β-unsaturated/α-hetero) is 2. The maximum Gasteiger partial charge on any atom is 0.170 e. The van der Waals surface area contributed by atoms with Crippen molar-refractivity contribution in [2.75, 3.05) is 13.2 Å². The number of fused-ring (bicyclic) bond motifs is 1. The van der Waals surface area contributed by atoms with Gasteiger partial charge in [0, 0.05) is 11.1 Å². The zero-order chi connectivity index (χ0) is 15.5. The van der Waals surface area contributed by atoms with Crippen LogP contribution < -0.4 is 9.47 Å². The molecular formula is C18H16O4. The summed E-state index contributed by atoms with van der Waals surface area (Å²) in [7, 11) is 0. The van der Waals surface area contributed by atoms with E-state index in [0.717, 1.165) is 5.56 Å². The van der Waals surface area contributed by atoms with Gasteiger partial charge in [0.25, 0.3) is 0 Å². The van der Waals surface area contributed by atoms with E-state index in [4.69, 9.17) is 9.47 Å². The number of carbonyl (C=O) groups is 2. The molecule has 0 amide bonds. The molecule has 2 aromatic carbocycles. The first kappa shape index (κ1) is 14.3. The van der Waals surface area contributed by atoms with Crippen molar-refractivity contribution in [3.05, 3.63) is 59.2 Å². The predicted molar refractivity (Wildman–Crippen MR) is 81.9 cm³/mol. The molecule has 2 aromatic rings. The highest BCUT2D eigenvalue weighted by Crippen LogP contribution is 2.31. The fraction of sp³-hybridized carbons (Fsp3) is 0.222. The SMILES string of the molecule is Cc1ccc(C(=O)CC(=O)c2ccc3c(c2)OCCO3)cc1.